The van der Waals surface area contributed by atoms with Crippen LogP contribution >= 0.6 is 0 Å². The summed E-state index contributed by atoms with van der Waals surface area (Å²) in [5, 5.41) is 3.12. The molecule has 3 aromatic rings. The average molecular weight is 377 g/mol. The number of aromatic nitrogens is 2. The molecule has 146 valence electrons. The fourth-order valence-electron chi connectivity index (χ4n) is 4.07. The molecular formula is C23H28N4O. The summed E-state index contributed by atoms with van der Waals surface area (Å²) in [7, 11) is 0. The Morgan fingerprint density at radius 2 is 1.79 bits per heavy atom. The maximum atomic E-state index is 13.0. The summed E-state index contributed by atoms with van der Waals surface area (Å²) in [4.78, 5) is 23.1. The molecule has 0 atom stereocenters. The van der Waals surface area contributed by atoms with Crippen molar-refractivity contribution in [1.29, 1.82) is 0 Å². The van der Waals surface area contributed by atoms with E-state index in [4.69, 9.17) is 0 Å². The molecule has 2 aromatic carbocycles. The van der Waals surface area contributed by atoms with Crippen LogP contribution in [0, 0.1) is 0 Å². The summed E-state index contributed by atoms with van der Waals surface area (Å²) in [5.41, 5.74) is 3.15. The topological polar surface area (TPSA) is 61.0 Å². The van der Waals surface area contributed by atoms with Gasteiger partial charge in [-0.25, -0.2) is 9.78 Å². The van der Waals surface area contributed by atoms with E-state index in [1.807, 2.05) is 59.5 Å². The summed E-state index contributed by atoms with van der Waals surface area (Å²) in [6.07, 6.45) is 6.62. The molecule has 28 heavy (non-hydrogen) atoms. The highest BCUT2D eigenvalue weighted by Crippen LogP contribution is 2.23. The number of carbonyl (C=O) groups excluding carboxylic acids is 1. The highest BCUT2D eigenvalue weighted by atomic mass is 16.2. The normalized spacial score (nSPS) is 14.9. The van der Waals surface area contributed by atoms with Gasteiger partial charge in [0.25, 0.3) is 0 Å². The SMILES string of the molecule is O=C(NCc1ccccc1)N(CCc1nc2ccccc2[nH]1)C1CCCCC1. The van der Waals surface area contributed by atoms with Crippen molar-refractivity contribution in [3.63, 3.8) is 0 Å². The molecule has 0 radical (unpaired) electrons. The van der Waals surface area contributed by atoms with E-state index >= 15 is 0 Å². The maximum absolute atomic E-state index is 13.0. The standard InChI is InChI=1S/C23H28N4O/c28-23(24-17-18-9-3-1-4-10-18)27(19-11-5-2-6-12-19)16-15-22-25-20-13-7-8-14-21(20)26-22/h1,3-4,7-10,13-14,19H,2,5-6,11-12,15-17H2,(H,24,28)(H,25,26). The zero-order chi connectivity index (χ0) is 19.2. The molecule has 0 bridgehead atoms. The molecule has 1 aliphatic carbocycles. The second-order valence-corrected chi connectivity index (χ2v) is 7.58. The van der Waals surface area contributed by atoms with E-state index in [1.54, 1.807) is 0 Å². The minimum atomic E-state index is 0.0341. The molecular weight excluding hydrogens is 348 g/mol. The van der Waals surface area contributed by atoms with Gasteiger partial charge in [-0.05, 0) is 30.5 Å². The van der Waals surface area contributed by atoms with E-state index in [0.29, 0.717) is 19.1 Å². The average Bonchev–Trinajstić information content (AvgIpc) is 3.17. The molecule has 1 heterocycles. The van der Waals surface area contributed by atoms with Gasteiger partial charge in [0.1, 0.15) is 5.82 Å². The van der Waals surface area contributed by atoms with E-state index in [0.717, 1.165) is 41.7 Å². The van der Waals surface area contributed by atoms with Crippen molar-refractivity contribution in [3.8, 4) is 0 Å². The lowest BCUT2D eigenvalue weighted by Crippen LogP contribution is -2.47. The minimum Gasteiger partial charge on any atom is -0.342 e. The number of H-pyrrole nitrogens is 1. The summed E-state index contributed by atoms with van der Waals surface area (Å²) < 4.78 is 0. The Morgan fingerprint density at radius 3 is 2.57 bits per heavy atom. The van der Waals surface area contributed by atoms with Crippen LogP contribution in [0.25, 0.3) is 11.0 Å². The predicted octanol–water partition coefficient (Wildman–Crippen LogP) is 4.65. The Hall–Kier alpha value is -2.82. The van der Waals surface area contributed by atoms with Gasteiger partial charge in [-0.15, -0.1) is 0 Å². The van der Waals surface area contributed by atoms with Gasteiger partial charge in [0.15, 0.2) is 0 Å². The number of aromatic amines is 1. The number of urea groups is 1. The number of amides is 2. The quantitative estimate of drug-likeness (QED) is 0.658. The largest absolute Gasteiger partial charge is 0.342 e. The van der Waals surface area contributed by atoms with Crippen LogP contribution in [-0.4, -0.2) is 33.5 Å². The van der Waals surface area contributed by atoms with Crippen molar-refractivity contribution >= 4 is 17.1 Å². The summed E-state index contributed by atoms with van der Waals surface area (Å²) in [6.45, 7) is 1.25. The van der Waals surface area contributed by atoms with Crippen molar-refractivity contribution in [2.24, 2.45) is 0 Å². The third-order valence-electron chi connectivity index (χ3n) is 5.59. The van der Waals surface area contributed by atoms with Crippen LogP contribution in [0.4, 0.5) is 4.79 Å². The monoisotopic (exact) mass is 376 g/mol. The van der Waals surface area contributed by atoms with Crippen LogP contribution in [0.15, 0.2) is 54.6 Å². The number of hydrogen-bond donors (Lipinski definition) is 2. The third kappa shape index (κ3) is 4.53. The first-order valence-corrected chi connectivity index (χ1v) is 10.3. The van der Waals surface area contributed by atoms with Gasteiger partial charge in [-0.1, -0.05) is 61.7 Å². The maximum Gasteiger partial charge on any atom is 0.317 e. The Labute approximate surface area is 166 Å². The Kier molecular flexibility index (Phi) is 5.90. The van der Waals surface area contributed by atoms with Gasteiger partial charge in [0, 0.05) is 25.6 Å². The Morgan fingerprint density at radius 1 is 1.04 bits per heavy atom. The Balaban J connectivity index is 1.42. The summed E-state index contributed by atoms with van der Waals surface area (Å²) >= 11 is 0. The van der Waals surface area contributed by atoms with Crippen LogP contribution in [0.3, 0.4) is 0 Å². The molecule has 5 nitrogen and oxygen atoms in total. The first-order valence-electron chi connectivity index (χ1n) is 10.3. The summed E-state index contributed by atoms with van der Waals surface area (Å²) in [5.74, 6) is 0.942. The molecule has 2 amide bonds. The van der Waals surface area contributed by atoms with Crippen molar-refractivity contribution in [2.75, 3.05) is 6.54 Å². The van der Waals surface area contributed by atoms with Crippen LogP contribution in [0.2, 0.25) is 0 Å². The van der Waals surface area contributed by atoms with Gasteiger partial charge >= 0.3 is 6.03 Å². The van der Waals surface area contributed by atoms with Crippen molar-refractivity contribution in [1.82, 2.24) is 20.2 Å². The molecule has 0 spiro atoms. The highest BCUT2D eigenvalue weighted by Gasteiger charge is 2.25. The van der Waals surface area contributed by atoms with Gasteiger partial charge in [0.05, 0.1) is 11.0 Å². The van der Waals surface area contributed by atoms with Crippen LogP contribution in [0.5, 0.6) is 0 Å². The van der Waals surface area contributed by atoms with Crippen LogP contribution in [-0.2, 0) is 13.0 Å². The predicted molar refractivity (Wildman–Crippen MR) is 112 cm³/mol. The van der Waals surface area contributed by atoms with Crippen LogP contribution in [0.1, 0.15) is 43.5 Å². The molecule has 4 rings (SSSR count). The molecule has 1 fully saturated rings. The van der Waals surface area contributed by atoms with Gasteiger partial charge < -0.3 is 15.2 Å². The van der Waals surface area contributed by atoms with Crippen molar-refractivity contribution in [3.05, 3.63) is 66.0 Å². The number of carbonyl (C=O) groups is 1. The molecule has 1 saturated carbocycles. The second kappa shape index (κ2) is 8.91. The molecule has 0 saturated heterocycles. The first kappa shape index (κ1) is 18.5. The summed E-state index contributed by atoms with van der Waals surface area (Å²) in [6, 6.07) is 18.5. The molecule has 5 heteroatoms. The zero-order valence-corrected chi connectivity index (χ0v) is 16.2. The Bertz CT molecular complexity index is 866. The first-order chi connectivity index (χ1) is 13.8. The number of nitrogens with one attached hydrogen (secondary N) is 2. The molecule has 0 aliphatic heterocycles. The smallest absolute Gasteiger partial charge is 0.317 e. The molecule has 2 N–H and O–H groups in total. The fraction of sp³-hybridized carbons (Fsp3) is 0.391. The number of benzene rings is 2. The number of nitrogens with zero attached hydrogens (tertiary/aromatic N) is 2. The number of imidazole rings is 1. The second-order valence-electron chi connectivity index (χ2n) is 7.58. The number of rotatable bonds is 6. The molecule has 0 unspecified atom stereocenters. The fourth-order valence-corrected chi connectivity index (χ4v) is 4.07. The molecule has 1 aliphatic rings. The van der Waals surface area contributed by atoms with Gasteiger partial charge in [-0.2, -0.15) is 0 Å². The van der Waals surface area contributed by atoms with E-state index in [2.05, 4.69) is 15.3 Å². The lowest BCUT2D eigenvalue weighted by Gasteiger charge is -2.34. The lowest BCUT2D eigenvalue weighted by molar-refractivity contribution is 0.155. The zero-order valence-electron chi connectivity index (χ0n) is 16.2. The number of fused-ring (bicyclic) bond motifs is 1. The highest BCUT2D eigenvalue weighted by molar-refractivity contribution is 5.75. The van der Waals surface area contributed by atoms with Crippen molar-refractivity contribution < 1.29 is 4.79 Å². The number of hydrogen-bond acceptors (Lipinski definition) is 2. The van der Waals surface area contributed by atoms with E-state index < -0.39 is 0 Å². The van der Waals surface area contributed by atoms with E-state index in [-0.39, 0.29) is 6.03 Å². The minimum absolute atomic E-state index is 0.0341. The van der Waals surface area contributed by atoms with Crippen LogP contribution < -0.4 is 5.32 Å². The van der Waals surface area contributed by atoms with Crippen molar-refractivity contribution in [2.45, 2.75) is 51.1 Å². The van der Waals surface area contributed by atoms with E-state index in [9.17, 15) is 4.79 Å². The van der Waals surface area contributed by atoms with E-state index in [1.165, 1.54) is 19.3 Å². The molecule has 1 aromatic heterocycles. The lowest BCUT2D eigenvalue weighted by atomic mass is 9.94. The van der Waals surface area contributed by atoms with Gasteiger partial charge in [0.2, 0.25) is 0 Å². The van der Waals surface area contributed by atoms with Gasteiger partial charge in [-0.3, -0.25) is 0 Å². The number of para-hydroxylation sites is 2. The third-order valence-corrected chi connectivity index (χ3v) is 5.59.